The quantitative estimate of drug-likeness (QED) is 0.387. The average Bonchev–Trinajstić information content (AvgIpc) is 3.29. The van der Waals surface area contributed by atoms with Crippen LogP contribution in [0.15, 0.2) is 45.6 Å². The number of oxazole rings is 1. The molecule has 0 atom stereocenters. The van der Waals surface area contributed by atoms with Crippen LogP contribution in [0.1, 0.15) is 35.8 Å². The molecule has 3 heterocycles. The Morgan fingerprint density at radius 2 is 1.97 bits per heavy atom. The van der Waals surface area contributed by atoms with Crippen molar-refractivity contribution in [2.45, 2.75) is 25.7 Å². The van der Waals surface area contributed by atoms with Crippen molar-refractivity contribution < 1.29 is 13.9 Å². The molecule has 2 aromatic heterocycles. The second kappa shape index (κ2) is 9.43. The molecule has 0 saturated carbocycles. The maximum atomic E-state index is 13.1. The molecule has 0 unspecified atom stereocenters. The van der Waals surface area contributed by atoms with Gasteiger partial charge < -0.3 is 23.4 Å². The number of rotatable bonds is 6. The Balaban J connectivity index is 1.45. The van der Waals surface area contributed by atoms with Crippen molar-refractivity contribution >= 4 is 27.7 Å². The lowest BCUT2D eigenvalue weighted by Crippen LogP contribution is -2.35. The van der Waals surface area contributed by atoms with Crippen LogP contribution in [0.3, 0.4) is 0 Å². The summed E-state index contributed by atoms with van der Waals surface area (Å²) in [5, 5.41) is 10.8. The number of aromatic nitrogens is 2. The van der Waals surface area contributed by atoms with Crippen LogP contribution in [0.5, 0.6) is 5.75 Å². The molecule has 8 heteroatoms. The fraction of sp³-hybridized carbons (Fsp3) is 0.370. The van der Waals surface area contributed by atoms with E-state index < -0.39 is 0 Å². The van der Waals surface area contributed by atoms with Crippen molar-refractivity contribution in [3.8, 4) is 11.8 Å². The SMILES string of the molecule is COCCOc1ccc2c(N3CCC(c4nc5cc(C)ccc5o4)CC3)c(C#N)c(=O)n(C)c2c1. The smallest absolute Gasteiger partial charge is 0.270 e. The molecule has 0 amide bonds. The van der Waals surface area contributed by atoms with Gasteiger partial charge in [0.2, 0.25) is 0 Å². The van der Waals surface area contributed by atoms with E-state index >= 15 is 0 Å². The molecule has 0 bridgehead atoms. The van der Waals surface area contributed by atoms with E-state index in [0.29, 0.717) is 37.7 Å². The topological polar surface area (TPSA) is 93.5 Å². The summed E-state index contributed by atoms with van der Waals surface area (Å²) in [4.78, 5) is 20.0. The number of methoxy groups -OCH3 is 1. The normalized spacial score (nSPS) is 14.5. The lowest BCUT2D eigenvalue weighted by molar-refractivity contribution is 0.146. The zero-order chi connectivity index (χ0) is 24.5. The Labute approximate surface area is 203 Å². The van der Waals surface area contributed by atoms with Gasteiger partial charge in [0.1, 0.15) is 29.5 Å². The average molecular weight is 473 g/mol. The van der Waals surface area contributed by atoms with E-state index in [1.807, 2.05) is 43.3 Å². The minimum Gasteiger partial charge on any atom is -0.491 e. The van der Waals surface area contributed by atoms with Crippen molar-refractivity contribution in [3.05, 3.63) is 63.8 Å². The highest BCUT2D eigenvalue weighted by Crippen LogP contribution is 2.36. The molecule has 1 saturated heterocycles. The first-order valence-electron chi connectivity index (χ1n) is 11.8. The number of aryl methyl sites for hydroxylation is 2. The number of pyridine rings is 1. The van der Waals surface area contributed by atoms with Gasteiger partial charge in [-0.25, -0.2) is 4.98 Å². The summed E-state index contributed by atoms with van der Waals surface area (Å²) in [6.07, 6.45) is 1.65. The predicted molar refractivity (Wildman–Crippen MR) is 134 cm³/mol. The van der Waals surface area contributed by atoms with E-state index in [0.717, 1.165) is 46.3 Å². The van der Waals surface area contributed by atoms with Crippen molar-refractivity contribution in [1.29, 1.82) is 5.26 Å². The Morgan fingerprint density at radius 1 is 1.17 bits per heavy atom. The van der Waals surface area contributed by atoms with Crippen molar-refractivity contribution in [1.82, 2.24) is 9.55 Å². The van der Waals surface area contributed by atoms with Gasteiger partial charge in [-0.1, -0.05) is 6.07 Å². The van der Waals surface area contributed by atoms with E-state index in [1.165, 1.54) is 4.57 Å². The summed E-state index contributed by atoms with van der Waals surface area (Å²) in [5.41, 5.74) is 4.14. The Kier molecular flexibility index (Phi) is 6.18. The lowest BCUT2D eigenvalue weighted by Gasteiger charge is -2.33. The van der Waals surface area contributed by atoms with Gasteiger partial charge in [0.25, 0.3) is 5.56 Å². The number of benzene rings is 2. The summed E-state index contributed by atoms with van der Waals surface area (Å²) in [6.45, 7) is 4.34. The first-order valence-corrected chi connectivity index (χ1v) is 11.8. The van der Waals surface area contributed by atoms with E-state index in [9.17, 15) is 10.1 Å². The van der Waals surface area contributed by atoms with Crippen LogP contribution in [0.2, 0.25) is 0 Å². The van der Waals surface area contributed by atoms with Gasteiger partial charge in [-0.2, -0.15) is 5.26 Å². The summed E-state index contributed by atoms with van der Waals surface area (Å²) >= 11 is 0. The van der Waals surface area contributed by atoms with Crippen LogP contribution < -0.4 is 15.2 Å². The van der Waals surface area contributed by atoms with Crippen LogP contribution in [-0.2, 0) is 11.8 Å². The maximum Gasteiger partial charge on any atom is 0.270 e. The fourth-order valence-electron chi connectivity index (χ4n) is 4.84. The van der Waals surface area contributed by atoms with Gasteiger partial charge in [0.15, 0.2) is 11.5 Å². The first-order chi connectivity index (χ1) is 17.0. The molecule has 8 nitrogen and oxygen atoms in total. The molecule has 4 aromatic rings. The summed E-state index contributed by atoms with van der Waals surface area (Å²) in [5.74, 6) is 1.62. The van der Waals surface area contributed by atoms with Gasteiger partial charge >= 0.3 is 0 Å². The molecular weight excluding hydrogens is 444 g/mol. The minimum absolute atomic E-state index is 0.170. The highest BCUT2D eigenvalue weighted by molar-refractivity contribution is 5.95. The summed E-state index contributed by atoms with van der Waals surface area (Å²) in [7, 11) is 3.31. The Hall–Kier alpha value is -3.83. The molecular formula is C27H28N4O4. The van der Waals surface area contributed by atoms with Gasteiger partial charge in [-0.3, -0.25) is 4.79 Å². The molecule has 0 spiro atoms. The fourth-order valence-corrected chi connectivity index (χ4v) is 4.84. The van der Waals surface area contributed by atoms with Crippen LogP contribution >= 0.6 is 0 Å². The number of nitrogens with zero attached hydrogens (tertiary/aromatic N) is 4. The highest BCUT2D eigenvalue weighted by atomic mass is 16.5. The number of fused-ring (bicyclic) bond motifs is 2. The van der Waals surface area contributed by atoms with Crippen molar-refractivity contribution in [2.75, 3.05) is 38.3 Å². The predicted octanol–water partition coefficient (Wildman–Crippen LogP) is 4.27. The van der Waals surface area contributed by atoms with E-state index in [2.05, 4.69) is 11.0 Å². The molecule has 1 fully saturated rings. The molecule has 1 aliphatic heterocycles. The standard InChI is InChI=1S/C27H28N4O4/c1-17-4-7-24-22(14-17)29-26(35-24)18-8-10-31(11-9-18)25-20-6-5-19(34-13-12-33-3)15-23(20)30(2)27(32)21(25)16-28/h4-7,14-15,18H,8-13H2,1-3H3. The summed E-state index contributed by atoms with van der Waals surface area (Å²) < 4.78 is 18.4. The minimum atomic E-state index is -0.305. The number of hydrogen-bond donors (Lipinski definition) is 0. The third kappa shape index (κ3) is 4.24. The Morgan fingerprint density at radius 3 is 2.71 bits per heavy atom. The molecule has 1 aliphatic rings. The zero-order valence-corrected chi connectivity index (χ0v) is 20.2. The molecule has 180 valence electrons. The summed E-state index contributed by atoms with van der Waals surface area (Å²) in [6, 6.07) is 13.9. The number of ether oxygens (including phenoxy) is 2. The van der Waals surface area contributed by atoms with Crippen LogP contribution in [0.4, 0.5) is 5.69 Å². The van der Waals surface area contributed by atoms with Crippen molar-refractivity contribution in [3.63, 3.8) is 0 Å². The molecule has 0 aliphatic carbocycles. The monoisotopic (exact) mass is 472 g/mol. The van der Waals surface area contributed by atoms with Crippen LogP contribution in [0, 0.1) is 18.3 Å². The third-order valence-electron chi connectivity index (χ3n) is 6.73. The zero-order valence-electron chi connectivity index (χ0n) is 20.2. The molecule has 2 aromatic carbocycles. The van der Waals surface area contributed by atoms with Gasteiger partial charge in [-0.15, -0.1) is 0 Å². The number of nitriles is 1. The Bertz CT molecular complexity index is 1490. The number of hydrogen-bond acceptors (Lipinski definition) is 7. The second-order valence-electron chi connectivity index (χ2n) is 9.00. The van der Waals surface area contributed by atoms with Gasteiger partial charge in [0, 0.05) is 44.6 Å². The molecule has 0 radical (unpaired) electrons. The third-order valence-corrected chi connectivity index (χ3v) is 6.73. The second-order valence-corrected chi connectivity index (χ2v) is 9.00. The highest BCUT2D eigenvalue weighted by Gasteiger charge is 2.28. The van der Waals surface area contributed by atoms with Crippen molar-refractivity contribution in [2.24, 2.45) is 7.05 Å². The largest absolute Gasteiger partial charge is 0.491 e. The van der Waals surface area contributed by atoms with Crippen LogP contribution in [-0.4, -0.2) is 43.0 Å². The first kappa shape index (κ1) is 22.9. The maximum absolute atomic E-state index is 13.1. The van der Waals surface area contributed by atoms with Gasteiger partial charge in [-0.05, 0) is 49.6 Å². The van der Waals surface area contributed by atoms with Crippen LogP contribution in [0.25, 0.3) is 22.0 Å². The van der Waals surface area contributed by atoms with E-state index in [4.69, 9.17) is 18.9 Å². The lowest BCUT2D eigenvalue weighted by atomic mass is 9.95. The van der Waals surface area contributed by atoms with E-state index in [-0.39, 0.29) is 17.0 Å². The molecule has 0 N–H and O–H groups in total. The molecule has 5 rings (SSSR count). The molecule has 35 heavy (non-hydrogen) atoms. The van der Waals surface area contributed by atoms with Gasteiger partial charge in [0.05, 0.1) is 17.8 Å². The number of anilines is 1. The number of piperidine rings is 1. The van der Waals surface area contributed by atoms with E-state index in [1.54, 1.807) is 14.2 Å².